The molecule has 19 heavy (non-hydrogen) atoms. The molecule has 1 fully saturated rings. The highest BCUT2D eigenvalue weighted by molar-refractivity contribution is 5.71. The molecule has 1 aliphatic heterocycles. The van der Waals surface area contributed by atoms with Gasteiger partial charge in [-0.2, -0.15) is 0 Å². The summed E-state index contributed by atoms with van der Waals surface area (Å²) in [6, 6.07) is 3.32. The van der Waals surface area contributed by atoms with Crippen LogP contribution in [0.1, 0.15) is 26.2 Å². The van der Waals surface area contributed by atoms with Crippen LogP contribution in [0.5, 0.6) is 11.6 Å². The van der Waals surface area contributed by atoms with E-state index in [0.717, 1.165) is 25.9 Å². The minimum atomic E-state index is -0.254. The van der Waals surface area contributed by atoms with Crippen LogP contribution in [0.4, 0.5) is 0 Å². The lowest BCUT2D eigenvalue weighted by Gasteiger charge is -2.22. The molecule has 0 unspecified atom stereocenters. The maximum absolute atomic E-state index is 11.2. The first-order chi connectivity index (χ1) is 9.28. The third-order valence-electron chi connectivity index (χ3n) is 3.15. The molecular weight excluding hydrogens is 244 g/mol. The second-order valence-corrected chi connectivity index (χ2v) is 4.66. The van der Waals surface area contributed by atoms with E-state index < -0.39 is 0 Å². The zero-order valence-corrected chi connectivity index (χ0v) is 11.2. The van der Waals surface area contributed by atoms with Crippen molar-refractivity contribution in [1.82, 2.24) is 10.3 Å². The SMILES string of the molecule is CCC(=O)Oc1ccnc(OCC2CCNCC2)c1. The fraction of sp³-hybridized carbons (Fsp3) is 0.571. The first kappa shape index (κ1) is 13.8. The van der Waals surface area contributed by atoms with E-state index >= 15 is 0 Å². The number of hydrogen-bond donors (Lipinski definition) is 1. The number of carbonyl (C=O) groups excluding carboxylic acids is 1. The zero-order valence-electron chi connectivity index (χ0n) is 11.2. The van der Waals surface area contributed by atoms with Gasteiger partial charge >= 0.3 is 5.97 Å². The highest BCUT2D eigenvalue weighted by atomic mass is 16.5. The van der Waals surface area contributed by atoms with Crippen molar-refractivity contribution in [3.63, 3.8) is 0 Å². The molecule has 0 aromatic carbocycles. The number of nitrogens with one attached hydrogen (secondary N) is 1. The van der Waals surface area contributed by atoms with Gasteiger partial charge in [-0.25, -0.2) is 4.98 Å². The monoisotopic (exact) mass is 264 g/mol. The Hall–Kier alpha value is -1.62. The van der Waals surface area contributed by atoms with Gasteiger partial charge in [-0.3, -0.25) is 4.79 Å². The van der Waals surface area contributed by atoms with Gasteiger partial charge in [0.1, 0.15) is 5.75 Å². The summed E-state index contributed by atoms with van der Waals surface area (Å²) in [5, 5.41) is 3.32. The van der Waals surface area contributed by atoms with Gasteiger partial charge in [0, 0.05) is 18.7 Å². The van der Waals surface area contributed by atoms with Gasteiger partial charge in [0.05, 0.1) is 6.61 Å². The van der Waals surface area contributed by atoms with E-state index in [4.69, 9.17) is 9.47 Å². The summed E-state index contributed by atoms with van der Waals surface area (Å²) in [4.78, 5) is 15.3. The van der Waals surface area contributed by atoms with Gasteiger partial charge in [0.25, 0.3) is 0 Å². The van der Waals surface area contributed by atoms with Gasteiger partial charge in [0.15, 0.2) is 0 Å². The second kappa shape index (κ2) is 7.09. The molecule has 1 N–H and O–H groups in total. The first-order valence-corrected chi connectivity index (χ1v) is 6.78. The lowest BCUT2D eigenvalue weighted by Crippen LogP contribution is -2.30. The molecule has 5 heteroatoms. The molecule has 104 valence electrons. The van der Waals surface area contributed by atoms with E-state index in [0.29, 0.717) is 30.6 Å². The summed E-state index contributed by atoms with van der Waals surface area (Å²) in [7, 11) is 0. The minimum Gasteiger partial charge on any atom is -0.477 e. The Morgan fingerprint density at radius 3 is 3.00 bits per heavy atom. The van der Waals surface area contributed by atoms with E-state index in [1.54, 1.807) is 25.3 Å². The van der Waals surface area contributed by atoms with Crippen LogP contribution in [0.25, 0.3) is 0 Å². The van der Waals surface area contributed by atoms with Gasteiger partial charge < -0.3 is 14.8 Å². The fourth-order valence-corrected chi connectivity index (χ4v) is 1.99. The van der Waals surface area contributed by atoms with Crippen LogP contribution in [0.3, 0.4) is 0 Å². The fourth-order valence-electron chi connectivity index (χ4n) is 1.99. The van der Waals surface area contributed by atoms with E-state index in [1.165, 1.54) is 0 Å². The van der Waals surface area contributed by atoms with Crippen molar-refractivity contribution in [3.8, 4) is 11.6 Å². The number of hydrogen-bond acceptors (Lipinski definition) is 5. The van der Waals surface area contributed by atoms with Crippen LogP contribution in [-0.2, 0) is 4.79 Å². The summed E-state index contributed by atoms with van der Waals surface area (Å²) in [6.07, 6.45) is 4.21. The molecule has 0 aliphatic carbocycles. The predicted octanol–water partition coefficient (Wildman–Crippen LogP) is 1.78. The number of aromatic nitrogens is 1. The van der Waals surface area contributed by atoms with Crippen LogP contribution in [0.15, 0.2) is 18.3 Å². The number of carbonyl (C=O) groups is 1. The van der Waals surface area contributed by atoms with Crippen molar-refractivity contribution in [2.75, 3.05) is 19.7 Å². The minimum absolute atomic E-state index is 0.254. The maximum atomic E-state index is 11.2. The summed E-state index contributed by atoms with van der Waals surface area (Å²) >= 11 is 0. The first-order valence-electron chi connectivity index (χ1n) is 6.78. The molecule has 0 bridgehead atoms. The van der Waals surface area contributed by atoms with Crippen molar-refractivity contribution >= 4 is 5.97 Å². The average Bonchev–Trinajstić information content (AvgIpc) is 2.46. The summed E-state index contributed by atoms with van der Waals surface area (Å²) in [5.41, 5.74) is 0. The Morgan fingerprint density at radius 2 is 2.26 bits per heavy atom. The molecule has 1 aromatic heterocycles. The van der Waals surface area contributed by atoms with Gasteiger partial charge in [-0.1, -0.05) is 6.92 Å². The molecule has 0 spiro atoms. The van der Waals surface area contributed by atoms with Crippen LogP contribution >= 0.6 is 0 Å². The Balaban J connectivity index is 1.85. The molecule has 2 heterocycles. The average molecular weight is 264 g/mol. The predicted molar refractivity (Wildman–Crippen MR) is 71.3 cm³/mol. The molecule has 0 radical (unpaired) electrons. The third-order valence-corrected chi connectivity index (χ3v) is 3.15. The molecule has 1 aromatic rings. The Labute approximate surface area is 113 Å². The summed E-state index contributed by atoms with van der Waals surface area (Å²) in [5.74, 6) is 1.32. The van der Waals surface area contributed by atoms with Crippen LogP contribution in [-0.4, -0.2) is 30.6 Å². The van der Waals surface area contributed by atoms with Crippen molar-refractivity contribution in [2.45, 2.75) is 26.2 Å². The molecule has 1 saturated heterocycles. The normalized spacial score (nSPS) is 16.1. The number of ether oxygens (including phenoxy) is 2. The molecule has 1 aliphatic rings. The van der Waals surface area contributed by atoms with Crippen molar-refractivity contribution in [1.29, 1.82) is 0 Å². The van der Waals surface area contributed by atoms with E-state index in [-0.39, 0.29) is 5.97 Å². The van der Waals surface area contributed by atoms with E-state index in [1.807, 2.05) is 0 Å². The van der Waals surface area contributed by atoms with Crippen molar-refractivity contribution in [3.05, 3.63) is 18.3 Å². The lowest BCUT2D eigenvalue weighted by molar-refractivity contribution is -0.134. The highest BCUT2D eigenvalue weighted by Crippen LogP contribution is 2.19. The van der Waals surface area contributed by atoms with Gasteiger partial charge in [0.2, 0.25) is 5.88 Å². The molecule has 0 atom stereocenters. The summed E-state index contributed by atoms with van der Waals surface area (Å²) < 4.78 is 10.8. The van der Waals surface area contributed by atoms with Crippen LogP contribution in [0, 0.1) is 5.92 Å². The number of nitrogens with zero attached hydrogens (tertiary/aromatic N) is 1. The largest absolute Gasteiger partial charge is 0.477 e. The van der Waals surface area contributed by atoms with E-state index in [9.17, 15) is 4.79 Å². The molecule has 0 amide bonds. The lowest BCUT2D eigenvalue weighted by atomic mass is 9.99. The topological polar surface area (TPSA) is 60.5 Å². The standard InChI is InChI=1S/C14H20N2O3/c1-2-14(17)19-12-5-8-16-13(9-12)18-10-11-3-6-15-7-4-11/h5,8-9,11,15H,2-4,6-7,10H2,1H3. The third kappa shape index (κ3) is 4.52. The number of piperidine rings is 1. The van der Waals surface area contributed by atoms with Gasteiger partial charge in [-0.05, 0) is 37.9 Å². The van der Waals surface area contributed by atoms with E-state index in [2.05, 4.69) is 10.3 Å². The zero-order chi connectivity index (χ0) is 13.5. The summed E-state index contributed by atoms with van der Waals surface area (Å²) in [6.45, 7) is 4.53. The molecule has 2 rings (SSSR count). The maximum Gasteiger partial charge on any atom is 0.310 e. The quantitative estimate of drug-likeness (QED) is 0.821. The Kier molecular flexibility index (Phi) is 5.15. The second-order valence-electron chi connectivity index (χ2n) is 4.66. The van der Waals surface area contributed by atoms with Crippen LogP contribution in [0.2, 0.25) is 0 Å². The van der Waals surface area contributed by atoms with Crippen molar-refractivity contribution in [2.24, 2.45) is 5.92 Å². The van der Waals surface area contributed by atoms with Gasteiger partial charge in [-0.15, -0.1) is 0 Å². The number of esters is 1. The molecule has 0 saturated carbocycles. The smallest absolute Gasteiger partial charge is 0.310 e. The molecular formula is C14H20N2O3. The number of pyridine rings is 1. The Bertz CT molecular complexity index is 417. The number of rotatable bonds is 5. The Morgan fingerprint density at radius 1 is 1.47 bits per heavy atom. The van der Waals surface area contributed by atoms with Crippen molar-refractivity contribution < 1.29 is 14.3 Å². The molecule has 5 nitrogen and oxygen atoms in total. The van der Waals surface area contributed by atoms with Crippen LogP contribution < -0.4 is 14.8 Å². The highest BCUT2D eigenvalue weighted by Gasteiger charge is 2.14.